The second-order valence-corrected chi connectivity index (χ2v) is 7.48. The predicted octanol–water partition coefficient (Wildman–Crippen LogP) is 4.14. The molecule has 0 spiro atoms. The molecule has 0 saturated carbocycles. The van der Waals surface area contributed by atoms with Crippen LogP contribution in [-0.2, 0) is 19.1 Å². The van der Waals surface area contributed by atoms with E-state index in [9.17, 15) is 14.4 Å². The van der Waals surface area contributed by atoms with Crippen molar-refractivity contribution in [2.45, 2.75) is 46.3 Å². The third-order valence-electron chi connectivity index (χ3n) is 5.24. The van der Waals surface area contributed by atoms with Gasteiger partial charge in [0.25, 0.3) is 5.91 Å². The first-order chi connectivity index (χ1) is 14.3. The van der Waals surface area contributed by atoms with Gasteiger partial charge in [-0.15, -0.1) is 0 Å². The van der Waals surface area contributed by atoms with Crippen molar-refractivity contribution in [1.29, 1.82) is 0 Å². The third-order valence-corrected chi connectivity index (χ3v) is 5.24. The van der Waals surface area contributed by atoms with Crippen LogP contribution in [0.4, 0.5) is 5.69 Å². The Labute approximate surface area is 176 Å². The first kappa shape index (κ1) is 21.3. The number of fused-ring (bicyclic) bond motifs is 1. The molecule has 6 nitrogen and oxygen atoms in total. The molecule has 1 aliphatic rings. The van der Waals surface area contributed by atoms with E-state index >= 15 is 0 Å². The Hall–Kier alpha value is -3.41. The number of hydrogen-bond donors (Lipinski definition) is 1. The van der Waals surface area contributed by atoms with Crippen LogP contribution in [-0.4, -0.2) is 28.8 Å². The summed E-state index contributed by atoms with van der Waals surface area (Å²) in [6.07, 6.45) is 2.53. The number of hydrogen-bond acceptors (Lipinski definition) is 4. The summed E-state index contributed by atoms with van der Waals surface area (Å²) in [7, 11) is 0. The van der Waals surface area contributed by atoms with Gasteiger partial charge in [-0.2, -0.15) is 0 Å². The fourth-order valence-electron chi connectivity index (χ4n) is 3.61. The SMILES string of the molecule is CC(=O)N1C=Cc2ccccc2[C@H]1CC(=O)O[C@@H](C)C(=O)Nc1c(C)cccc1C. The van der Waals surface area contributed by atoms with E-state index in [0.717, 1.165) is 27.9 Å². The highest BCUT2D eigenvalue weighted by Gasteiger charge is 2.30. The zero-order valence-electron chi connectivity index (χ0n) is 17.6. The van der Waals surface area contributed by atoms with Crippen molar-refractivity contribution in [3.8, 4) is 0 Å². The lowest BCUT2D eigenvalue weighted by molar-refractivity contribution is -0.154. The summed E-state index contributed by atoms with van der Waals surface area (Å²) < 4.78 is 5.40. The lowest BCUT2D eigenvalue weighted by Crippen LogP contribution is -2.35. The van der Waals surface area contributed by atoms with E-state index in [0.29, 0.717) is 0 Å². The third kappa shape index (κ3) is 4.59. The largest absolute Gasteiger partial charge is 0.452 e. The van der Waals surface area contributed by atoms with Gasteiger partial charge in [0, 0.05) is 18.8 Å². The highest BCUT2D eigenvalue weighted by atomic mass is 16.5. The number of para-hydroxylation sites is 1. The van der Waals surface area contributed by atoms with Gasteiger partial charge in [-0.1, -0.05) is 42.5 Å². The molecule has 156 valence electrons. The van der Waals surface area contributed by atoms with Crippen LogP contribution in [0.1, 0.15) is 48.6 Å². The van der Waals surface area contributed by atoms with Crippen molar-refractivity contribution in [2.24, 2.45) is 0 Å². The minimum absolute atomic E-state index is 0.0397. The molecular weight excluding hydrogens is 380 g/mol. The number of rotatable bonds is 5. The number of nitrogens with one attached hydrogen (secondary N) is 1. The number of aryl methyl sites for hydroxylation is 2. The molecule has 2 aromatic carbocycles. The van der Waals surface area contributed by atoms with E-state index in [1.165, 1.54) is 18.7 Å². The maximum atomic E-state index is 12.6. The summed E-state index contributed by atoms with van der Waals surface area (Å²) in [6, 6.07) is 12.9. The van der Waals surface area contributed by atoms with Gasteiger partial charge in [-0.05, 0) is 49.1 Å². The number of nitrogens with zero attached hydrogens (tertiary/aromatic N) is 1. The topological polar surface area (TPSA) is 75.7 Å². The second-order valence-electron chi connectivity index (χ2n) is 7.48. The molecule has 30 heavy (non-hydrogen) atoms. The van der Waals surface area contributed by atoms with Gasteiger partial charge in [0.15, 0.2) is 6.10 Å². The number of ether oxygens (including phenoxy) is 1. The first-order valence-electron chi connectivity index (χ1n) is 9.90. The Morgan fingerprint density at radius 2 is 1.73 bits per heavy atom. The van der Waals surface area contributed by atoms with Crippen molar-refractivity contribution in [2.75, 3.05) is 5.32 Å². The standard InChI is InChI=1S/C24H26N2O4/c1-15-8-7-9-16(2)23(15)25-24(29)17(3)30-22(28)14-21-20-11-6-5-10-19(20)12-13-26(21)18(4)27/h5-13,17,21H,14H2,1-4H3,(H,25,29)/t17-,21+/m0/s1. The van der Waals surface area contributed by atoms with Crippen molar-refractivity contribution >= 4 is 29.5 Å². The van der Waals surface area contributed by atoms with Crippen LogP contribution in [0.15, 0.2) is 48.7 Å². The molecule has 1 N–H and O–H groups in total. The molecule has 0 radical (unpaired) electrons. The zero-order chi connectivity index (χ0) is 21.8. The Morgan fingerprint density at radius 1 is 1.07 bits per heavy atom. The highest BCUT2D eigenvalue weighted by Crippen LogP contribution is 2.33. The average Bonchev–Trinajstić information content (AvgIpc) is 2.70. The van der Waals surface area contributed by atoms with Gasteiger partial charge in [0.2, 0.25) is 5.91 Å². The van der Waals surface area contributed by atoms with Gasteiger partial charge in [0.05, 0.1) is 12.5 Å². The van der Waals surface area contributed by atoms with Gasteiger partial charge in [-0.25, -0.2) is 0 Å². The number of carbonyl (C=O) groups excluding carboxylic acids is 3. The summed E-state index contributed by atoms with van der Waals surface area (Å²) in [5, 5.41) is 2.84. The van der Waals surface area contributed by atoms with E-state index in [2.05, 4.69) is 5.32 Å². The molecule has 2 amide bonds. The second kappa shape index (κ2) is 8.95. The smallest absolute Gasteiger partial charge is 0.309 e. The van der Waals surface area contributed by atoms with E-state index in [1.807, 2.05) is 62.4 Å². The zero-order valence-corrected chi connectivity index (χ0v) is 17.6. The van der Waals surface area contributed by atoms with Crippen molar-refractivity contribution < 1.29 is 19.1 Å². The Bertz CT molecular complexity index is 992. The van der Waals surface area contributed by atoms with Crippen LogP contribution in [0, 0.1) is 13.8 Å². The van der Waals surface area contributed by atoms with Crippen LogP contribution in [0.3, 0.4) is 0 Å². The van der Waals surface area contributed by atoms with E-state index in [1.54, 1.807) is 6.20 Å². The summed E-state index contributed by atoms with van der Waals surface area (Å²) in [4.78, 5) is 38.8. The molecule has 3 rings (SSSR count). The molecule has 2 aromatic rings. The maximum absolute atomic E-state index is 12.6. The van der Waals surface area contributed by atoms with E-state index in [-0.39, 0.29) is 12.3 Å². The quantitative estimate of drug-likeness (QED) is 0.758. The molecule has 0 aliphatic carbocycles. The molecule has 1 aliphatic heterocycles. The Morgan fingerprint density at radius 3 is 2.40 bits per heavy atom. The van der Waals surface area contributed by atoms with Crippen LogP contribution in [0.25, 0.3) is 6.08 Å². The molecule has 2 atom stereocenters. The van der Waals surface area contributed by atoms with Crippen LogP contribution < -0.4 is 5.32 Å². The molecule has 1 heterocycles. The van der Waals surface area contributed by atoms with Gasteiger partial charge < -0.3 is 15.0 Å². The number of anilines is 1. The molecule has 0 fully saturated rings. The van der Waals surface area contributed by atoms with Crippen molar-refractivity contribution in [3.05, 3.63) is 70.9 Å². The first-order valence-corrected chi connectivity index (χ1v) is 9.90. The molecule has 0 bridgehead atoms. The van der Waals surface area contributed by atoms with E-state index in [4.69, 9.17) is 4.74 Å². The molecule has 0 saturated heterocycles. The summed E-state index contributed by atoms with van der Waals surface area (Å²) in [5.41, 5.74) is 4.42. The van der Waals surface area contributed by atoms with Crippen LogP contribution >= 0.6 is 0 Å². The maximum Gasteiger partial charge on any atom is 0.309 e. The average molecular weight is 406 g/mol. The summed E-state index contributed by atoms with van der Waals surface area (Å²) in [6.45, 7) is 6.81. The molecule has 6 heteroatoms. The fourth-order valence-corrected chi connectivity index (χ4v) is 3.61. The molecule has 0 unspecified atom stereocenters. The van der Waals surface area contributed by atoms with Crippen LogP contribution in [0.2, 0.25) is 0 Å². The Kier molecular flexibility index (Phi) is 6.35. The Balaban J connectivity index is 1.68. The lowest BCUT2D eigenvalue weighted by atomic mass is 9.94. The monoisotopic (exact) mass is 406 g/mol. The minimum atomic E-state index is -0.961. The normalized spacial score (nSPS) is 15.9. The van der Waals surface area contributed by atoms with E-state index < -0.39 is 24.0 Å². The fraction of sp³-hybridized carbons (Fsp3) is 0.292. The number of amides is 2. The lowest BCUT2D eigenvalue weighted by Gasteiger charge is -2.32. The molecule has 0 aromatic heterocycles. The number of benzene rings is 2. The highest BCUT2D eigenvalue weighted by molar-refractivity contribution is 5.96. The van der Waals surface area contributed by atoms with Crippen molar-refractivity contribution in [1.82, 2.24) is 4.90 Å². The predicted molar refractivity (Wildman–Crippen MR) is 115 cm³/mol. The van der Waals surface area contributed by atoms with Crippen LogP contribution in [0.5, 0.6) is 0 Å². The summed E-state index contributed by atoms with van der Waals surface area (Å²) >= 11 is 0. The number of carbonyl (C=O) groups is 3. The van der Waals surface area contributed by atoms with Crippen molar-refractivity contribution in [3.63, 3.8) is 0 Å². The van der Waals surface area contributed by atoms with Gasteiger partial charge >= 0.3 is 5.97 Å². The number of esters is 1. The molecular formula is C24H26N2O4. The van der Waals surface area contributed by atoms with Gasteiger partial charge in [0.1, 0.15) is 0 Å². The van der Waals surface area contributed by atoms with Gasteiger partial charge in [-0.3, -0.25) is 14.4 Å². The minimum Gasteiger partial charge on any atom is -0.452 e. The summed E-state index contributed by atoms with van der Waals surface area (Å²) in [5.74, 6) is -1.10.